The fourth-order valence-electron chi connectivity index (χ4n) is 5.79. The van der Waals surface area contributed by atoms with E-state index in [4.69, 9.17) is 0 Å². The predicted molar refractivity (Wildman–Crippen MR) is 137 cm³/mol. The molecule has 35 heavy (non-hydrogen) atoms. The molecule has 2 unspecified atom stereocenters. The number of hydrogen-bond acceptors (Lipinski definition) is 2. The summed E-state index contributed by atoms with van der Waals surface area (Å²) >= 11 is 0. The summed E-state index contributed by atoms with van der Waals surface area (Å²) in [4.78, 5) is 34.8. The number of imide groups is 1. The molecular weight excluding hydrogens is 434 g/mol. The Balaban J connectivity index is 1.43. The first-order chi connectivity index (χ1) is 17.1. The van der Waals surface area contributed by atoms with Crippen molar-refractivity contribution >= 4 is 39.3 Å². The molecule has 4 aromatic carbocycles. The lowest BCUT2D eigenvalue weighted by Crippen LogP contribution is -2.44. The number of para-hydroxylation sites is 1. The number of rotatable bonds is 2. The van der Waals surface area contributed by atoms with Crippen LogP contribution in [0.5, 0.6) is 0 Å². The molecule has 0 radical (unpaired) electrons. The molecule has 0 bridgehead atoms. The van der Waals surface area contributed by atoms with E-state index in [-0.39, 0.29) is 18.0 Å². The smallest absolute Gasteiger partial charge is 0.332 e. The summed E-state index contributed by atoms with van der Waals surface area (Å²) in [7, 11) is 0. The van der Waals surface area contributed by atoms with Gasteiger partial charge in [-0.25, -0.2) is 9.69 Å². The molecule has 0 spiro atoms. The van der Waals surface area contributed by atoms with E-state index in [0.717, 1.165) is 44.1 Å². The van der Waals surface area contributed by atoms with Crippen molar-refractivity contribution in [3.05, 3.63) is 113 Å². The highest BCUT2D eigenvalue weighted by Crippen LogP contribution is 2.45. The second kappa shape index (κ2) is 7.31. The minimum Gasteiger partial charge on any atom is -0.356 e. The second-order valence-corrected chi connectivity index (χ2v) is 9.46. The van der Waals surface area contributed by atoms with Gasteiger partial charge in [0.1, 0.15) is 12.1 Å². The minimum atomic E-state index is -0.556. The lowest BCUT2D eigenvalue weighted by Gasteiger charge is -2.36. The third kappa shape index (κ3) is 2.81. The van der Waals surface area contributed by atoms with Crippen LogP contribution in [-0.4, -0.2) is 27.9 Å². The van der Waals surface area contributed by atoms with E-state index in [1.165, 1.54) is 4.90 Å². The molecule has 2 atom stereocenters. The minimum absolute atomic E-state index is 0.167. The summed E-state index contributed by atoms with van der Waals surface area (Å²) in [6.07, 6.45) is 0.494. The van der Waals surface area contributed by atoms with Gasteiger partial charge in [0.25, 0.3) is 5.91 Å². The predicted octanol–water partition coefficient (Wildman–Crippen LogP) is 6.11. The first-order valence-electron chi connectivity index (χ1n) is 11.9. The van der Waals surface area contributed by atoms with Crippen LogP contribution < -0.4 is 4.90 Å². The zero-order valence-corrected chi connectivity index (χ0v) is 19.2. The summed E-state index contributed by atoms with van der Waals surface area (Å²) < 4.78 is 0. The first kappa shape index (κ1) is 20.0. The number of carbonyl (C=O) groups is 2. The van der Waals surface area contributed by atoms with Gasteiger partial charge >= 0.3 is 6.03 Å². The molecule has 7 rings (SSSR count). The molecule has 5 aromatic rings. The van der Waals surface area contributed by atoms with Crippen molar-refractivity contribution in [2.75, 3.05) is 4.90 Å². The van der Waals surface area contributed by atoms with Gasteiger partial charge < -0.3 is 4.98 Å². The molecule has 170 valence electrons. The summed E-state index contributed by atoms with van der Waals surface area (Å²) in [5, 5.41) is 3.01. The Morgan fingerprint density at radius 1 is 0.800 bits per heavy atom. The van der Waals surface area contributed by atoms with Gasteiger partial charge in [-0.05, 0) is 35.6 Å². The highest BCUT2D eigenvalue weighted by Gasteiger charge is 2.53. The van der Waals surface area contributed by atoms with Gasteiger partial charge in [0, 0.05) is 28.4 Å². The maximum atomic E-state index is 14.1. The molecule has 1 saturated heterocycles. The largest absolute Gasteiger partial charge is 0.356 e. The van der Waals surface area contributed by atoms with Crippen molar-refractivity contribution in [1.29, 1.82) is 0 Å². The highest BCUT2D eigenvalue weighted by molar-refractivity contribution is 6.24. The number of fused-ring (bicyclic) bond motifs is 5. The lowest BCUT2D eigenvalue weighted by atomic mass is 9.88. The lowest BCUT2D eigenvalue weighted by molar-refractivity contribution is -0.120. The van der Waals surface area contributed by atoms with Gasteiger partial charge in [0.2, 0.25) is 0 Å². The molecule has 5 heteroatoms. The average molecular weight is 458 g/mol. The van der Waals surface area contributed by atoms with Crippen molar-refractivity contribution in [3.63, 3.8) is 0 Å². The number of aromatic amines is 1. The van der Waals surface area contributed by atoms with Gasteiger partial charge in [-0.1, -0.05) is 84.4 Å². The van der Waals surface area contributed by atoms with Crippen LogP contribution in [0, 0.1) is 6.92 Å². The first-order valence-corrected chi connectivity index (χ1v) is 11.9. The van der Waals surface area contributed by atoms with E-state index in [0.29, 0.717) is 12.1 Å². The molecule has 1 fully saturated rings. The van der Waals surface area contributed by atoms with E-state index in [9.17, 15) is 9.59 Å². The highest BCUT2D eigenvalue weighted by atomic mass is 16.2. The number of amides is 3. The Morgan fingerprint density at radius 2 is 1.51 bits per heavy atom. The van der Waals surface area contributed by atoms with Crippen LogP contribution in [0.1, 0.15) is 28.4 Å². The van der Waals surface area contributed by atoms with Crippen molar-refractivity contribution in [2.24, 2.45) is 0 Å². The number of nitrogens with zero attached hydrogens (tertiary/aromatic N) is 2. The zero-order valence-electron chi connectivity index (χ0n) is 19.2. The molecule has 1 N–H and O–H groups in total. The fraction of sp³-hybridized carbons (Fsp3) is 0.133. The van der Waals surface area contributed by atoms with E-state index in [2.05, 4.69) is 48.3 Å². The van der Waals surface area contributed by atoms with Gasteiger partial charge in [-0.2, -0.15) is 0 Å². The van der Waals surface area contributed by atoms with E-state index < -0.39 is 6.04 Å². The number of urea groups is 1. The molecule has 0 aliphatic carbocycles. The molecule has 2 aliphatic heterocycles. The molecule has 0 saturated carbocycles. The summed E-state index contributed by atoms with van der Waals surface area (Å²) in [6, 6.07) is 28.9. The van der Waals surface area contributed by atoms with Gasteiger partial charge in [0.05, 0.1) is 5.69 Å². The summed E-state index contributed by atoms with van der Waals surface area (Å²) in [5.41, 5.74) is 5.93. The fourth-order valence-corrected chi connectivity index (χ4v) is 5.79. The number of anilines is 1. The monoisotopic (exact) mass is 457 g/mol. The standard InChI is InChI=1S/C30H23N3O2/c1-18-13-15-20(16-14-18)28-27-23(22-10-4-5-11-24(22)31-27)17-26-29(34)33(30(35)32(26)28)25-12-6-8-19-7-2-3-9-21(19)25/h2-16,26,28,31H,17H2,1H3. The van der Waals surface area contributed by atoms with E-state index >= 15 is 0 Å². The third-order valence-electron chi connectivity index (χ3n) is 7.45. The van der Waals surface area contributed by atoms with Crippen molar-refractivity contribution in [2.45, 2.75) is 25.4 Å². The average Bonchev–Trinajstić information content (AvgIpc) is 3.38. The maximum Gasteiger partial charge on any atom is 0.332 e. The van der Waals surface area contributed by atoms with Gasteiger partial charge in [-0.3, -0.25) is 9.69 Å². The quantitative estimate of drug-likeness (QED) is 0.325. The number of hydrogen-bond donors (Lipinski definition) is 1. The number of carbonyl (C=O) groups excluding carboxylic acids is 2. The molecule has 1 aromatic heterocycles. The number of H-pyrrole nitrogens is 1. The molecule has 3 amide bonds. The Bertz CT molecular complexity index is 1640. The normalized spacial score (nSPS) is 19.5. The Kier molecular flexibility index (Phi) is 4.18. The number of nitrogens with one attached hydrogen (secondary N) is 1. The third-order valence-corrected chi connectivity index (χ3v) is 7.45. The Morgan fingerprint density at radius 3 is 2.34 bits per heavy atom. The van der Waals surface area contributed by atoms with Crippen molar-refractivity contribution in [1.82, 2.24) is 9.88 Å². The van der Waals surface area contributed by atoms with Crippen LogP contribution in [-0.2, 0) is 11.2 Å². The molecule has 5 nitrogen and oxygen atoms in total. The van der Waals surface area contributed by atoms with Crippen LogP contribution in [0.25, 0.3) is 21.7 Å². The zero-order chi connectivity index (χ0) is 23.7. The van der Waals surface area contributed by atoms with Crippen LogP contribution >= 0.6 is 0 Å². The van der Waals surface area contributed by atoms with E-state index in [1.54, 1.807) is 4.90 Å². The molecule has 3 heterocycles. The van der Waals surface area contributed by atoms with Crippen molar-refractivity contribution < 1.29 is 9.59 Å². The Labute approximate surface area is 202 Å². The van der Waals surface area contributed by atoms with Gasteiger partial charge in [0.15, 0.2) is 0 Å². The van der Waals surface area contributed by atoms with Crippen LogP contribution in [0.15, 0.2) is 91.0 Å². The van der Waals surface area contributed by atoms with E-state index in [1.807, 2.05) is 54.6 Å². The Hall–Kier alpha value is -4.38. The van der Waals surface area contributed by atoms with Crippen molar-refractivity contribution in [3.8, 4) is 0 Å². The SMILES string of the molecule is Cc1ccc(C2c3[nH]c4ccccc4c3CC3C(=O)N(c4cccc5ccccc45)C(=O)N32)cc1. The number of aryl methyl sites for hydroxylation is 1. The second-order valence-electron chi connectivity index (χ2n) is 9.46. The summed E-state index contributed by atoms with van der Waals surface area (Å²) in [6.45, 7) is 2.05. The van der Waals surface area contributed by atoms with Gasteiger partial charge in [-0.15, -0.1) is 0 Å². The maximum absolute atomic E-state index is 14.1. The molecule has 2 aliphatic rings. The van der Waals surface area contributed by atoms with Crippen LogP contribution in [0.3, 0.4) is 0 Å². The molecular formula is C30H23N3O2. The number of aromatic nitrogens is 1. The topological polar surface area (TPSA) is 56.4 Å². The van der Waals surface area contributed by atoms with Crippen LogP contribution in [0.2, 0.25) is 0 Å². The van der Waals surface area contributed by atoms with Crippen LogP contribution in [0.4, 0.5) is 10.5 Å². The number of benzene rings is 4. The summed E-state index contributed by atoms with van der Waals surface area (Å²) in [5.74, 6) is -0.167.